The smallest absolute Gasteiger partial charge is 0.00166 e. The van der Waals surface area contributed by atoms with Gasteiger partial charge in [0, 0.05) is 0 Å². The van der Waals surface area contributed by atoms with E-state index in [4.69, 9.17) is 0 Å². The van der Waals surface area contributed by atoms with E-state index in [2.05, 4.69) is 25.8 Å². The van der Waals surface area contributed by atoms with Crippen molar-refractivity contribution in [3.8, 4) is 0 Å². The van der Waals surface area contributed by atoms with Crippen molar-refractivity contribution in [2.45, 2.75) is 19.8 Å². The Bertz CT molecular complexity index is 86.7. The topological polar surface area (TPSA) is 3.24 Å². The highest BCUT2D eigenvalue weighted by Crippen LogP contribution is 2.28. The number of rotatable bonds is 0. The third-order valence-electron chi connectivity index (χ3n) is 2.19. The predicted octanol–water partition coefficient (Wildman–Crippen LogP) is 1.55. The molecule has 0 aromatic heterocycles. The van der Waals surface area contributed by atoms with Gasteiger partial charge in [0.05, 0.1) is 0 Å². The third kappa shape index (κ3) is 1.98. The van der Waals surface area contributed by atoms with Crippen LogP contribution in [0.4, 0.5) is 0 Å². The molecule has 9 heavy (non-hydrogen) atoms. The summed E-state index contributed by atoms with van der Waals surface area (Å²) in [5.74, 6) is 0. The number of piperidine rings is 1. The summed E-state index contributed by atoms with van der Waals surface area (Å²) in [5, 5.41) is 0. The summed E-state index contributed by atoms with van der Waals surface area (Å²) in [6, 6.07) is 0. The van der Waals surface area contributed by atoms with E-state index in [1.807, 2.05) is 0 Å². The first kappa shape index (κ1) is 7.07. The van der Waals surface area contributed by atoms with E-state index in [1.165, 1.54) is 25.9 Å². The third-order valence-corrected chi connectivity index (χ3v) is 2.19. The molecule has 0 aliphatic carbocycles. The van der Waals surface area contributed by atoms with Crippen molar-refractivity contribution in [3.63, 3.8) is 0 Å². The van der Waals surface area contributed by atoms with Gasteiger partial charge in [0.1, 0.15) is 0 Å². The highest BCUT2D eigenvalue weighted by Gasteiger charge is 2.22. The molecule has 1 heteroatoms. The van der Waals surface area contributed by atoms with E-state index >= 15 is 0 Å². The van der Waals surface area contributed by atoms with Crippen molar-refractivity contribution in [2.75, 3.05) is 20.1 Å². The number of hydrogen-bond donors (Lipinski definition) is 0. The van der Waals surface area contributed by atoms with Crippen molar-refractivity contribution in [1.82, 2.24) is 4.90 Å². The second-order valence-electron chi connectivity index (χ2n) is 3.61. The molecule has 1 radical (unpaired) electrons. The van der Waals surface area contributed by atoms with Crippen LogP contribution in [-0.2, 0) is 0 Å². The molecule has 53 valence electrons. The molecule has 0 unspecified atom stereocenters. The fraction of sp³-hybridized carbons (Fsp3) is 0.875. The summed E-state index contributed by atoms with van der Waals surface area (Å²) < 4.78 is 0. The van der Waals surface area contributed by atoms with Crippen LogP contribution in [-0.4, -0.2) is 25.0 Å². The van der Waals surface area contributed by atoms with Crippen LogP contribution < -0.4 is 0 Å². The molecule has 0 amide bonds. The Morgan fingerprint density at radius 3 is 2.11 bits per heavy atom. The van der Waals surface area contributed by atoms with Crippen LogP contribution in [0.5, 0.6) is 0 Å². The quantitative estimate of drug-likeness (QED) is 0.476. The van der Waals surface area contributed by atoms with Gasteiger partial charge in [-0.25, -0.2) is 0 Å². The highest BCUT2D eigenvalue weighted by atomic mass is 15.1. The van der Waals surface area contributed by atoms with Gasteiger partial charge in [-0.05, 0) is 45.3 Å². The zero-order chi connectivity index (χ0) is 6.91. The number of hydrogen-bond acceptors (Lipinski definition) is 1. The van der Waals surface area contributed by atoms with Gasteiger partial charge in [-0.15, -0.1) is 0 Å². The second-order valence-corrected chi connectivity index (χ2v) is 3.61. The van der Waals surface area contributed by atoms with Crippen molar-refractivity contribution >= 4 is 0 Å². The first-order valence-electron chi connectivity index (χ1n) is 3.64. The molecule has 0 aromatic rings. The fourth-order valence-electron chi connectivity index (χ4n) is 1.16. The minimum atomic E-state index is 0.368. The predicted molar refractivity (Wildman–Crippen MR) is 40.2 cm³/mol. The van der Waals surface area contributed by atoms with Crippen molar-refractivity contribution in [3.05, 3.63) is 6.92 Å². The van der Waals surface area contributed by atoms with Crippen LogP contribution in [0.2, 0.25) is 0 Å². The van der Waals surface area contributed by atoms with Crippen molar-refractivity contribution < 1.29 is 0 Å². The molecule has 0 spiro atoms. The van der Waals surface area contributed by atoms with Crippen LogP contribution in [0.15, 0.2) is 0 Å². The SMILES string of the molecule is [CH2]C1(C)CCN(C)CC1. The Kier molecular flexibility index (Phi) is 1.80. The highest BCUT2D eigenvalue weighted by molar-refractivity contribution is 4.82. The van der Waals surface area contributed by atoms with Gasteiger partial charge in [-0.1, -0.05) is 6.92 Å². The lowest BCUT2D eigenvalue weighted by Crippen LogP contribution is -2.34. The average Bonchev–Trinajstić information content (AvgIpc) is 1.78. The molecule has 1 nitrogen and oxygen atoms in total. The molecule has 1 aliphatic rings. The Morgan fingerprint density at radius 2 is 1.78 bits per heavy atom. The van der Waals surface area contributed by atoms with Gasteiger partial charge in [0.2, 0.25) is 0 Å². The van der Waals surface area contributed by atoms with Gasteiger partial charge in [-0.3, -0.25) is 0 Å². The minimum Gasteiger partial charge on any atom is -0.306 e. The normalized spacial score (nSPS) is 28.3. The van der Waals surface area contributed by atoms with Gasteiger partial charge in [0.25, 0.3) is 0 Å². The first-order valence-corrected chi connectivity index (χ1v) is 3.64. The fourth-order valence-corrected chi connectivity index (χ4v) is 1.16. The lowest BCUT2D eigenvalue weighted by Gasteiger charge is -2.34. The summed E-state index contributed by atoms with van der Waals surface area (Å²) in [6.45, 7) is 8.83. The van der Waals surface area contributed by atoms with Gasteiger partial charge in [0.15, 0.2) is 0 Å². The zero-order valence-corrected chi connectivity index (χ0v) is 6.48. The molecule has 0 N–H and O–H groups in total. The van der Waals surface area contributed by atoms with E-state index < -0.39 is 0 Å². The monoisotopic (exact) mass is 126 g/mol. The Balaban J connectivity index is 2.35. The maximum atomic E-state index is 4.14. The summed E-state index contributed by atoms with van der Waals surface area (Å²) >= 11 is 0. The van der Waals surface area contributed by atoms with E-state index in [0.717, 1.165) is 0 Å². The number of likely N-dealkylation sites (tertiary alicyclic amines) is 1. The Morgan fingerprint density at radius 1 is 1.33 bits per heavy atom. The standard InChI is InChI=1S/C8H16N/c1-8(2)4-6-9(3)7-5-8/h1,4-7H2,2-3H3. The largest absolute Gasteiger partial charge is 0.306 e. The van der Waals surface area contributed by atoms with E-state index in [0.29, 0.717) is 5.41 Å². The molecular weight excluding hydrogens is 110 g/mol. The van der Waals surface area contributed by atoms with Crippen LogP contribution in [0, 0.1) is 12.3 Å². The zero-order valence-electron chi connectivity index (χ0n) is 6.48. The lowest BCUT2D eigenvalue weighted by molar-refractivity contribution is 0.178. The van der Waals surface area contributed by atoms with Gasteiger partial charge >= 0.3 is 0 Å². The minimum absolute atomic E-state index is 0.368. The van der Waals surface area contributed by atoms with Crippen LogP contribution in [0.3, 0.4) is 0 Å². The van der Waals surface area contributed by atoms with Gasteiger partial charge < -0.3 is 4.90 Å². The molecule has 0 bridgehead atoms. The van der Waals surface area contributed by atoms with E-state index in [-0.39, 0.29) is 0 Å². The molecule has 1 rings (SSSR count). The molecule has 0 aromatic carbocycles. The molecule has 1 saturated heterocycles. The molecule has 1 aliphatic heterocycles. The van der Waals surface area contributed by atoms with E-state index in [9.17, 15) is 0 Å². The Hall–Kier alpha value is -0.0400. The number of nitrogens with zero attached hydrogens (tertiary/aromatic N) is 1. The second kappa shape index (κ2) is 2.30. The molecule has 1 heterocycles. The molecule has 1 fully saturated rings. The maximum Gasteiger partial charge on any atom is -0.00166 e. The van der Waals surface area contributed by atoms with Crippen LogP contribution in [0.25, 0.3) is 0 Å². The average molecular weight is 126 g/mol. The summed E-state index contributed by atoms with van der Waals surface area (Å²) in [7, 11) is 2.18. The lowest BCUT2D eigenvalue weighted by atomic mass is 9.83. The van der Waals surface area contributed by atoms with Crippen molar-refractivity contribution in [1.29, 1.82) is 0 Å². The van der Waals surface area contributed by atoms with E-state index in [1.54, 1.807) is 0 Å². The summed E-state index contributed by atoms with van der Waals surface area (Å²) in [5.41, 5.74) is 0.368. The van der Waals surface area contributed by atoms with Crippen LogP contribution in [0.1, 0.15) is 19.8 Å². The molecular formula is C8H16N. The molecule has 0 saturated carbocycles. The molecule has 0 atom stereocenters. The maximum absolute atomic E-state index is 4.14. The first-order chi connectivity index (χ1) is 4.10. The Labute approximate surface area is 58.0 Å². The summed E-state index contributed by atoms with van der Waals surface area (Å²) in [6.07, 6.45) is 2.51. The van der Waals surface area contributed by atoms with Crippen molar-refractivity contribution in [2.24, 2.45) is 5.41 Å². The van der Waals surface area contributed by atoms with Crippen LogP contribution >= 0.6 is 0 Å². The summed E-state index contributed by atoms with van der Waals surface area (Å²) in [4.78, 5) is 2.37. The van der Waals surface area contributed by atoms with Gasteiger partial charge in [-0.2, -0.15) is 0 Å².